The maximum Gasteiger partial charge on any atom is 0.255 e. The minimum Gasteiger partial charge on any atom is -0.507 e. The number of carbonyl (C=O) groups excluding carboxylic acids is 1. The maximum atomic E-state index is 12.7. The highest BCUT2D eigenvalue weighted by Crippen LogP contribution is 2.17. The predicted molar refractivity (Wildman–Crippen MR) is 55.2 cm³/mol. The normalized spacial score (nSPS) is 11.6. The first-order valence-corrected chi connectivity index (χ1v) is 4.71. The molecule has 2 N–H and O–H groups in total. The first-order chi connectivity index (χ1) is 7.54. The van der Waals surface area contributed by atoms with E-state index in [9.17, 15) is 14.3 Å². The van der Waals surface area contributed by atoms with E-state index in [0.717, 1.165) is 12.1 Å². The van der Waals surface area contributed by atoms with Crippen LogP contribution in [0.1, 0.15) is 23.7 Å². The number of nitrogens with zero attached hydrogens (tertiary/aromatic N) is 1. The highest BCUT2D eigenvalue weighted by Gasteiger charge is 2.13. The molecule has 0 saturated carbocycles. The van der Waals surface area contributed by atoms with Crippen molar-refractivity contribution in [1.29, 1.82) is 5.26 Å². The van der Waals surface area contributed by atoms with Crippen LogP contribution in [0.3, 0.4) is 0 Å². The minimum absolute atomic E-state index is 0.00816. The molecule has 0 unspecified atom stereocenters. The zero-order valence-corrected chi connectivity index (χ0v) is 8.70. The Bertz CT molecular complexity index is 440. The summed E-state index contributed by atoms with van der Waals surface area (Å²) < 4.78 is 12.7. The van der Waals surface area contributed by atoms with E-state index in [1.165, 1.54) is 6.07 Å². The highest BCUT2D eigenvalue weighted by molar-refractivity contribution is 5.96. The average Bonchev–Trinajstić information content (AvgIpc) is 2.17. The van der Waals surface area contributed by atoms with Crippen molar-refractivity contribution in [2.45, 2.75) is 19.4 Å². The Kier molecular flexibility index (Phi) is 3.84. The third kappa shape index (κ3) is 2.95. The second kappa shape index (κ2) is 5.12. The van der Waals surface area contributed by atoms with Gasteiger partial charge in [-0.05, 0) is 19.1 Å². The van der Waals surface area contributed by atoms with Gasteiger partial charge in [-0.15, -0.1) is 0 Å². The van der Waals surface area contributed by atoms with Gasteiger partial charge in [0.1, 0.15) is 11.6 Å². The van der Waals surface area contributed by atoms with Gasteiger partial charge in [-0.3, -0.25) is 4.79 Å². The molecule has 0 fully saturated rings. The smallest absolute Gasteiger partial charge is 0.255 e. The van der Waals surface area contributed by atoms with E-state index >= 15 is 0 Å². The molecule has 0 bridgehead atoms. The fraction of sp³-hybridized carbons (Fsp3) is 0.273. The summed E-state index contributed by atoms with van der Waals surface area (Å²) in [4.78, 5) is 11.6. The van der Waals surface area contributed by atoms with Crippen LogP contribution in [-0.2, 0) is 0 Å². The van der Waals surface area contributed by atoms with E-state index < -0.39 is 17.5 Å². The number of amides is 1. The molecule has 16 heavy (non-hydrogen) atoms. The van der Waals surface area contributed by atoms with Gasteiger partial charge in [-0.2, -0.15) is 5.26 Å². The molecule has 1 aromatic rings. The van der Waals surface area contributed by atoms with Crippen LogP contribution in [-0.4, -0.2) is 17.1 Å². The summed E-state index contributed by atoms with van der Waals surface area (Å²) in [6.45, 7) is 1.67. The van der Waals surface area contributed by atoms with Crippen LogP contribution >= 0.6 is 0 Å². The van der Waals surface area contributed by atoms with E-state index in [-0.39, 0.29) is 18.0 Å². The summed E-state index contributed by atoms with van der Waals surface area (Å²) in [5.41, 5.74) is -0.00816. The largest absolute Gasteiger partial charge is 0.507 e. The minimum atomic E-state index is -0.612. The Morgan fingerprint density at radius 1 is 1.69 bits per heavy atom. The Hall–Kier alpha value is -2.09. The number of aromatic hydroxyl groups is 1. The van der Waals surface area contributed by atoms with Gasteiger partial charge in [0.25, 0.3) is 5.91 Å². The molecule has 0 spiro atoms. The molecule has 0 saturated heterocycles. The number of carbonyl (C=O) groups is 1. The molecule has 0 radical (unpaired) electrons. The van der Waals surface area contributed by atoms with Gasteiger partial charge in [0.2, 0.25) is 0 Å². The van der Waals surface area contributed by atoms with Gasteiger partial charge in [-0.1, -0.05) is 0 Å². The molecular formula is C11H11FN2O2. The lowest BCUT2D eigenvalue weighted by molar-refractivity contribution is 0.0938. The van der Waals surface area contributed by atoms with Crippen LogP contribution < -0.4 is 5.32 Å². The van der Waals surface area contributed by atoms with Crippen molar-refractivity contribution in [2.24, 2.45) is 0 Å². The van der Waals surface area contributed by atoms with E-state index in [2.05, 4.69) is 5.32 Å². The molecule has 0 aliphatic rings. The standard InChI is InChI=1S/C11H11FN2O2/c1-7(4-5-13)14-11(16)9-3-2-8(12)6-10(9)15/h2-3,6-7,15H,4H2,1H3,(H,14,16)/t7-/m1/s1. The van der Waals surface area contributed by atoms with E-state index in [0.29, 0.717) is 0 Å². The number of phenols is 1. The first-order valence-electron chi connectivity index (χ1n) is 4.71. The molecule has 1 amide bonds. The summed E-state index contributed by atoms with van der Waals surface area (Å²) >= 11 is 0. The molecule has 84 valence electrons. The second-order valence-electron chi connectivity index (χ2n) is 3.40. The van der Waals surface area contributed by atoms with E-state index in [4.69, 9.17) is 5.26 Å². The number of rotatable bonds is 3. The van der Waals surface area contributed by atoms with Gasteiger partial charge in [-0.25, -0.2) is 4.39 Å². The molecule has 1 atom stereocenters. The number of phenolic OH excluding ortho intramolecular Hbond substituents is 1. The van der Waals surface area contributed by atoms with Crippen molar-refractivity contribution in [1.82, 2.24) is 5.32 Å². The van der Waals surface area contributed by atoms with Gasteiger partial charge < -0.3 is 10.4 Å². The molecule has 0 aliphatic carbocycles. The number of halogens is 1. The Balaban J connectivity index is 2.78. The van der Waals surface area contributed by atoms with Crippen LogP contribution in [0.15, 0.2) is 18.2 Å². The van der Waals surface area contributed by atoms with Gasteiger partial charge in [0.15, 0.2) is 0 Å². The Labute approximate surface area is 92.3 Å². The second-order valence-corrected chi connectivity index (χ2v) is 3.40. The summed E-state index contributed by atoms with van der Waals surface area (Å²) in [5, 5.41) is 20.3. The fourth-order valence-corrected chi connectivity index (χ4v) is 1.19. The first kappa shape index (κ1) is 12.0. The van der Waals surface area contributed by atoms with Crippen LogP contribution in [0.2, 0.25) is 0 Å². The van der Waals surface area contributed by atoms with Gasteiger partial charge in [0, 0.05) is 12.1 Å². The lowest BCUT2D eigenvalue weighted by Crippen LogP contribution is -2.32. The third-order valence-corrected chi connectivity index (χ3v) is 1.98. The molecule has 1 rings (SSSR count). The number of hydrogen-bond acceptors (Lipinski definition) is 3. The van der Waals surface area contributed by atoms with Crippen molar-refractivity contribution in [3.8, 4) is 11.8 Å². The Morgan fingerprint density at radius 3 is 2.94 bits per heavy atom. The monoisotopic (exact) mass is 222 g/mol. The van der Waals surface area contributed by atoms with Crippen molar-refractivity contribution in [3.63, 3.8) is 0 Å². The number of nitriles is 1. The molecule has 0 aliphatic heterocycles. The molecular weight excluding hydrogens is 211 g/mol. The zero-order valence-electron chi connectivity index (χ0n) is 8.70. The van der Waals surface area contributed by atoms with E-state index in [1.54, 1.807) is 6.92 Å². The SMILES string of the molecule is C[C@H](CC#N)NC(=O)c1ccc(F)cc1O. The third-order valence-electron chi connectivity index (χ3n) is 1.98. The van der Waals surface area contributed by atoms with E-state index in [1.807, 2.05) is 6.07 Å². The fourth-order valence-electron chi connectivity index (χ4n) is 1.19. The Morgan fingerprint density at radius 2 is 2.38 bits per heavy atom. The molecule has 0 heterocycles. The summed E-state index contributed by atoms with van der Waals surface area (Å²) in [7, 11) is 0. The number of nitrogens with one attached hydrogen (secondary N) is 1. The summed E-state index contributed by atoms with van der Waals surface area (Å²) in [6.07, 6.45) is 0.174. The molecule has 0 aromatic heterocycles. The average molecular weight is 222 g/mol. The predicted octanol–water partition coefficient (Wildman–Crippen LogP) is 1.56. The van der Waals surface area contributed by atoms with Crippen molar-refractivity contribution >= 4 is 5.91 Å². The summed E-state index contributed by atoms with van der Waals surface area (Å²) in [6, 6.07) is 4.74. The van der Waals surface area contributed by atoms with Crippen molar-refractivity contribution < 1.29 is 14.3 Å². The van der Waals surface area contributed by atoms with Crippen LogP contribution in [0, 0.1) is 17.1 Å². The number of hydrogen-bond donors (Lipinski definition) is 2. The quantitative estimate of drug-likeness (QED) is 0.815. The topological polar surface area (TPSA) is 73.1 Å². The maximum absolute atomic E-state index is 12.7. The summed E-state index contributed by atoms with van der Waals surface area (Å²) in [5.74, 6) is -1.55. The lowest BCUT2D eigenvalue weighted by Gasteiger charge is -2.11. The van der Waals surface area contributed by atoms with Crippen LogP contribution in [0.5, 0.6) is 5.75 Å². The molecule has 1 aromatic carbocycles. The van der Waals surface area contributed by atoms with Crippen molar-refractivity contribution in [3.05, 3.63) is 29.6 Å². The van der Waals surface area contributed by atoms with Crippen LogP contribution in [0.4, 0.5) is 4.39 Å². The highest BCUT2D eigenvalue weighted by atomic mass is 19.1. The number of benzene rings is 1. The van der Waals surface area contributed by atoms with Gasteiger partial charge >= 0.3 is 0 Å². The molecule has 5 heteroatoms. The molecule has 4 nitrogen and oxygen atoms in total. The van der Waals surface area contributed by atoms with Gasteiger partial charge in [0.05, 0.1) is 18.1 Å². The lowest BCUT2D eigenvalue weighted by atomic mass is 10.1. The van der Waals surface area contributed by atoms with Crippen molar-refractivity contribution in [2.75, 3.05) is 0 Å². The van der Waals surface area contributed by atoms with Crippen LogP contribution in [0.25, 0.3) is 0 Å². The zero-order chi connectivity index (χ0) is 12.1.